The second-order valence-corrected chi connectivity index (χ2v) is 13.3. The van der Waals surface area contributed by atoms with Crippen LogP contribution in [0.1, 0.15) is 35.2 Å². The van der Waals surface area contributed by atoms with E-state index < -0.39 is 17.7 Å². The number of carbonyl (C=O) groups excluding carboxylic acids is 2. The molecule has 1 aromatic heterocycles. The van der Waals surface area contributed by atoms with Crippen molar-refractivity contribution in [3.05, 3.63) is 125 Å². The van der Waals surface area contributed by atoms with E-state index in [9.17, 15) is 14.7 Å². The first kappa shape index (κ1) is 29.8. The molecule has 4 aromatic carbocycles. The lowest BCUT2D eigenvalue weighted by Crippen LogP contribution is -2.29. The number of nitrogens with zero attached hydrogens (tertiary/aromatic N) is 3. The quantitative estimate of drug-likeness (QED) is 0.0438. The number of ketones is 1. The van der Waals surface area contributed by atoms with E-state index >= 15 is 0 Å². The summed E-state index contributed by atoms with van der Waals surface area (Å²) in [6, 6.07) is 25.9. The molecule has 1 amide bonds. The number of ether oxygens (including phenoxy) is 2. The first-order valence-electron chi connectivity index (χ1n) is 14.8. The summed E-state index contributed by atoms with van der Waals surface area (Å²) in [5, 5.41) is 23.0. The van der Waals surface area contributed by atoms with Crippen LogP contribution in [0.2, 0.25) is 0 Å². The Morgan fingerprint density at radius 3 is 2.78 bits per heavy atom. The second-order valence-electron chi connectivity index (χ2n) is 11.1. The molecule has 230 valence electrons. The maximum absolute atomic E-state index is 13.8. The summed E-state index contributed by atoms with van der Waals surface area (Å²) in [7, 11) is 0. The number of hydrogen-bond acceptors (Lipinski definition) is 9. The highest BCUT2D eigenvalue weighted by Crippen LogP contribution is 2.45. The fourth-order valence-electron chi connectivity index (χ4n) is 5.92. The molecule has 0 aliphatic carbocycles. The van der Waals surface area contributed by atoms with Gasteiger partial charge in [0.25, 0.3) is 5.78 Å². The number of anilines is 1. The van der Waals surface area contributed by atoms with E-state index in [2.05, 4.69) is 41.0 Å². The Kier molecular flexibility index (Phi) is 8.06. The van der Waals surface area contributed by atoms with Crippen molar-refractivity contribution in [2.45, 2.75) is 35.6 Å². The Labute approximate surface area is 274 Å². The second kappa shape index (κ2) is 12.5. The number of amides is 1. The molecule has 7 rings (SSSR count). The molecule has 1 fully saturated rings. The monoisotopic (exact) mass is 647 g/mol. The van der Waals surface area contributed by atoms with Crippen LogP contribution in [0.15, 0.2) is 107 Å². The van der Waals surface area contributed by atoms with Gasteiger partial charge in [0.1, 0.15) is 30.0 Å². The van der Waals surface area contributed by atoms with Gasteiger partial charge in [-0.05, 0) is 64.7 Å². The fraction of sp³-hybridized carbons (Fsp3) is 0.167. The minimum atomic E-state index is -0.959. The molecule has 2 aliphatic heterocycles. The van der Waals surface area contributed by atoms with Crippen LogP contribution in [0.4, 0.5) is 5.13 Å². The zero-order chi connectivity index (χ0) is 31.8. The van der Waals surface area contributed by atoms with Crippen molar-refractivity contribution in [3.8, 4) is 11.5 Å². The van der Waals surface area contributed by atoms with Gasteiger partial charge in [0.2, 0.25) is 5.13 Å². The van der Waals surface area contributed by atoms with Crippen molar-refractivity contribution in [1.29, 1.82) is 0 Å². The van der Waals surface area contributed by atoms with Crippen molar-refractivity contribution in [2.24, 2.45) is 0 Å². The number of aliphatic hydroxyl groups excluding tert-OH is 1. The predicted octanol–water partition coefficient (Wildman–Crippen LogP) is 7.50. The normalized spacial score (nSPS) is 18.5. The summed E-state index contributed by atoms with van der Waals surface area (Å²) in [4.78, 5) is 28.8. The summed E-state index contributed by atoms with van der Waals surface area (Å²) in [5.74, 6) is 0.0853. The Morgan fingerprint density at radius 1 is 1.09 bits per heavy atom. The Bertz CT molecular complexity index is 2030. The van der Waals surface area contributed by atoms with Gasteiger partial charge >= 0.3 is 5.91 Å². The number of hydrogen-bond donors (Lipinski definition) is 1. The summed E-state index contributed by atoms with van der Waals surface area (Å²) < 4.78 is 12.2. The van der Waals surface area contributed by atoms with E-state index in [0.717, 1.165) is 22.3 Å². The number of aliphatic hydroxyl groups is 1. The molecular weight excluding hydrogens is 619 g/mol. The van der Waals surface area contributed by atoms with Crippen LogP contribution in [-0.2, 0) is 21.8 Å². The maximum atomic E-state index is 13.8. The summed E-state index contributed by atoms with van der Waals surface area (Å²) >= 11 is 2.74. The molecule has 2 atom stereocenters. The lowest BCUT2D eigenvalue weighted by atomic mass is 9.94. The number of aromatic nitrogens is 2. The summed E-state index contributed by atoms with van der Waals surface area (Å²) in [5.41, 5.74) is 3.07. The van der Waals surface area contributed by atoms with Crippen LogP contribution >= 0.6 is 23.1 Å². The first-order valence-corrected chi connectivity index (χ1v) is 16.6. The number of fused-ring (bicyclic) bond motifs is 2. The van der Waals surface area contributed by atoms with Gasteiger partial charge < -0.3 is 14.6 Å². The molecule has 5 aromatic rings. The lowest BCUT2D eigenvalue weighted by Gasteiger charge is -2.23. The molecule has 46 heavy (non-hydrogen) atoms. The molecule has 0 spiro atoms. The highest BCUT2D eigenvalue weighted by Gasteiger charge is 2.48. The van der Waals surface area contributed by atoms with Crippen LogP contribution in [-0.4, -0.2) is 39.7 Å². The van der Waals surface area contributed by atoms with Crippen molar-refractivity contribution in [1.82, 2.24) is 10.2 Å². The highest BCUT2D eigenvalue weighted by atomic mass is 32.2. The van der Waals surface area contributed by atoms with E-state index in [4.69, 9.17) is 9.47 Å². The number of Topliss-reactive ketones (excluding diaryl/α,β-unsaturated/α-hetero) is 1. The smallest absolute Gasteiger partial charge is 0.301 e. The van der Waals surface area contributed by atoms with Gasteiger partial charge in [0.15, 0.2) is 4.34 Å². The Hall–Kier alpha value is -4.93. The number of benzene rings is 4. The van der Waals surface area contributed by atoms with E-state index in [1.54, 1.807) is 42.5 Å². The van der Waals surface area contributed by atoms with Crippen LogP contribution < -0.4 is 14.4 Å². The number of rotatable bonds is 9. The zero-order valence-corrected chi connectivity index (χ0v) is 26.5. The third-order valence-electron chi connectivity index (χ3n) is 7.99. The van der Waals surface area contributed by atoms with Gasteiger partial charge in [-0.2, -0.15) is 0 Å². The Balaban J connectivity index is 1.26. The average Bonchev–Trinajstić information content (AvgIpc) is 3.77. The minimum absolute atomic E-state index is 0.0152. The van der Waals surface area contributed by atoms with Gasteiger partial charge in [-0.3, -0.25) is 14.5 Å². The first-order chi connectivity index (χ1) is 22.4. The number of carbonyl (C=O) groups is 2. The highest BCUT2D eigenvalue weighted by molar-refractivity contribution is 8.00. The van der Waals surface area contributed by atoms with E-state index in [1.807, 2.05) is 31.2 Å². The molecule has 2 aliphatic rings. The summed E-state index contributed by atoms with van der Waals surface area (Å²) in [6.07, 6.45) is 2.33. The van der Waals surface area contributed by atoms with E-state index in [1.165, 1.54) is 33.4 Å². The van der Waals surface area contributed by atoms with Crippen LogP contribution in [0.5, 0.6) is 11.5 Å². The van der Waals surface area contributed by atoms with Gasteiger partial charge in [-0.1, -0.05) is 90.4 Å². The standard InChI is InChI=1S/C36H29N3O5S2/c1-3-16-43-27-12-7-10-23(19-27)31-30(32(40)24-14-15-29-26(18-24)17-21(2)44-29)33(41)34(42)39(31)35-37-38-36(46-35)45-20-25-11-6-9-22-8-4-5-13-28(22)25/h3-15,18-19,21,31,40H,1,16-17,20H2,2H3/t21-,31+/m1/s1. The molecule has 0 unspecified atom stereocenters. The van der Waals surface area contributed by atoms with Crippen molar-refractivity contribution in [3.63, 3.8) is 0 Å². The molecular formula is C36H29N3O5S2. The molecule has 0 bridgehead atoms. The third-order valence-corrected chi connectivity index (χ3v) is 10.1. The van der Waals surface area contributed by atoms with E-state index in [-0.39, 0.29) is 29.2 Å². The minimum Gasteiger partial charge on any atom is -0.507 e. The average molecular weight is 648 g/mol. The molecule has 10 heteroatoms. The van der Waals surface area contributed by atoms with Crippen molar-refractivity contribution < 1.29 is 24.2 Å². The van der Waals surface area contributed by atoms with Gasteiger partial charge in [-0.25, -0.2) is 0 Å². The van der Waals surface area contributed by atoms with Crippen molar-refractivity contribution >= 4 is 56.5 Å². The maximum Gasteiger partial charge on any atom is 0.301 e. The summed E-state index contributed by atoms with van der Waals surface area (Å²) in [6.45, 7) is 5.97. The molecule has 0 radical (unpaired) electrons. The zero-order valence-electron chi connectivity index (χ0n) is 24.9. The fourth-order valence-corrected chi connectivity index (χ4v) is 7.79. The third kappa shape index (κ3) is 5.54. The van der Waals surface area contributed by atoms with Gasteiger partial charge in [0.05, 0.1) is 11.6 Å². The van der Waals surface area contributed by atoms with Gasteiger partial charge in [-0.15, -0.1) is 10.2 Å². The van der Waals surface area contributed by atoms with Crippen LogP contribution in [0.3, 0.4) is 0 Å². The molecule has 3 heterocycles. The lowest BCUT2D eigenvalue weighted by molar-refractivity contribution is -0.132. The van der Waals surface area contributed by atoms with Crippen LogP contribution in [0, 0.1) is 0 Å². The SMILES string of the molecule is C=CCOc1cccc([C@H]2C(=C(O)c3ccc4c(c3)C[C@@H](C)O4)C(=O)C(=O)N2c2nnc(SCc3cccc4ccccc34)s2)c1. The van der Waals surface area contributed by atoms with Crippen molar-refractivity contribution in [2.75, 3.05) is 11.5 Å². The Morgan fingerprint density at radius 2 is 1.91 bits per heavy atom. The largest absolute Gasteiger partial charge is 0.507 e. The van der Waals surface area contributed by atoms with Crippen LogP contribution in [0.25, 0.3) is 16.5 Å². The number of thioether (sulfide) groups is 1. The molecule has 0 saturated carbocycles. The van der Waals surface area contributed by atoms with Gasteiger partial charge in [0, 0.05) is 17.7 Å². The molecule has 1 N–H and O–H groups in total. The topological polar surface area (TPSA) is 102 Å². The molecule has 1 saturated heterocycles. The molecule has 8 nitrogen and oxygen atoms in total. The van der Waals surface area contributed by atoms with E-state index in [0.29, 0.717) is 33.4 Å². The predicted molar refractivity (Wildman–Crippen MR) is 181 cm³/mol.